The van der Waals surface area contributed by atoms with E-state index in [4.69, 9.17) is 0 Å². The molecule has 0 aliphatic heterocycles. The average Bonchev–Trinajstić information content (AvgIpc) is 3.52. The van der Waals surface area contributed by atoms with Gasteiger partial charge in [0.2, 0.25) is 0 Å². The van der Waals surface area contributed by atoms with Crippen LogP contribution in [-0.4, -0.2) is 0 Å². The minimum atomic E-state index is 0.483. The molecule has 1 unspecified atom stereocenters. The van der Waals surface area contributed by atoms with Crippen molar-refractivity contribution >= 4 is 5.57 Å². The van der Waals surface area contributed by atoms with Gasteiger partial charge in [0.1, 0.15) is 0 Å². The van der Waals surface area contributed by atoms with Crippen molar-refractivity contribution in [2.24, 2.45) is 5.92 Å². The summed E-state index contributed by atoms with van der Waals surface area (Å²) in [5.41, 5.74) is 6.97. The van der Waals surface area contributed by atoms with Crippen molar-refractivity contribution in [3.63, 3.8) is 0 Å². The molecule has 0 nitrogen and oxygen atoms in total. The van der Waals surface area contributed by atoms with Crippen LogP contribution < -0.4 is 0 Å². The summed E-state index contributed by atoms with van der Waals surface area (Å²) in [5, 5.41) is 0. The molecule has 0 saturated heterocycles. The lowest BCUT2D eigenvalue weighted by Gasteiger charge is -2.13. The highest BCUT2D eigenvalue weighted by molar-refractivity contribution is 5.77. The Morgan fingerprint density at radius 2 is 1.89 bits per heavy atom. The van der Waals surface area contributed by atoms with Gasteiger partial charge < -0.3 is 0 Å². The third-order valence-electron chi connectivity index (χ3n) is 5.77. The predicted octanol–water partition coefficient (Wildman–Crippen LogP) is 8.41. The van der Waals surface area contributed by atoms with Crippen LogP contribution in [-0.2, 0) is 0 Å². The number of unbranched alkanes of at least 4 members (excludes halogenated alkanes) is 3. The van der Waals surface area contributed by atoms with Gasteiger partial charge in [-0.15, -0.1) is 0 Å². The average molecular weight is 372 g/mol. The molecule has 0 spiro atoms. The van der Waals surface area contributed by atoms with Crippen LogP contribution in [0.3, 0.4) is 0 Å². The highest BCUT2D eigenvalue weighted by Crippen LogP contribution is 2.43. The van der Waals surface area contributed by atoms with Gasteiger partial charge in [-0.25, -0.2) is 0 Å². The van der Waals surface area contributed by atoms with Crippen molar-refractivity contribution < 1.29 is 0 Å². The van der Waals surface area contributed by atoms with E-state index in [9.17, 15) is 0 Å². The molecule has 0 N–H and O–H groups in total. The van der Waals surface area contributed by atoms with Crippen molar-refractivity contribution in [3.8, 4) is 0 Å². The van der Waals surface area contributed by atoms with E-state index in [1.807, 2.05) is 0 Å². The van der Waals surface area contributed by atoms with E-state index in [0.29, 0.717) is 5.92 Å². The Balaban J connectivity index is 1.71. The van der Waals surface area contributed by atoms with E-state index in [1.165, 1.54) is 60.8 Å². The minimum Gasteiger partial charge on any atom is -0.0836 e. The van der Waals surface area contributed by atoms with Crippen LogP contribution >= 0.6 is 0 Å². The fraction of sp³-hybridized carbons (Fsp3) is 0.393. The molecule has 1 radical (unpaired) electrons. The third kappa shape index (κ3) is 5.96. The zero-order valence-electron chi connectivity index (χ0n) is 17.9. The van der Waals surface area contributed by atoms with Gasteiger partial charge in [0.25, 0.3) is 0 Å². The van der Waals surface area contributed by atoms with Crippen molar-refractivity contribution in [3.05, 3.63) is 95.0 Å². The summed E-state index contributed by atoms with van der Waals surface area (Å²) >= 11 is 0. The molecule has 0 heterocycles. The molecule has 0 bridgehead atoms. The maximum absolute atomic E-state index is 2.46. The molecule has 0 saturated carbocycles. The zero-order valence-corrected chi connectivity index (χ0v) is 17.9. The number of allylic oxidation sites excluding steroid dienone is 10. The molecule has 0 heteroatoms. The van der Waals surface area contributed by atoms with E-state index in [1.54, 1.807) is 11.5 Å². The SMILES string of the molecule is CCCCCCC1=C[C]1C(C)/C=C(\C=C(/C)C1=CCCC=C1)c1ccccc1. The van der Waals surface area contributed by atoms with Gasteiger partial charge in [0, 0.05) is 5.92 Å². The van der Waals surface area contributed by atoms with Crippen molar-refractivity contribution in [1.29, 1.82) is 0 Å². The number of benzene rings is 1. The molecule has 0 amide bonds. The van der Waals surface area contributed by atoms with E-state index in [-0.39, 0.29) is 0 Å². The first-order chi connectivity index (χ1) is 13.7. The largest absolute Gasteiger partial charge is 0.0836 e. The van der Waals surface area contributed by atoms with E-state index in [0.717, 1.165) is 6.42 Å². The lowest BCUT2D eigenvalue weighted by Crippen LogP contribution is -1.97. The van der Waals surface area contributed by atoms with E-state index < -0.39 is 0 Å². The van der Waals surface area contributed by atoms with Crippen molar-refractivity contribution in [2.45, 2.75) is 65.7 Å². The molecule has 147 valence electrons. The number of hydrogen-bond acceptors (Lipinski definition) is 0. The summed E-state index contributed by atoms with van der Waals surface area (Å²) < 4.78 is 0. The fourth-order valence-electron chi connectivity index (χ4n) is 3.97. The zero-order chi connectivity index (χ0) is 19.8. The Hall–Kier alpha value is -2.08. The Morgan fingerprint density at radius 3 is 2.61 bits per heavy atom. The van der Waals surface area contributed by atoms with E-state index >= 15 is 0 Å². The maximum Gasteiger partial charge on any atom is 0.0288 e. The molecular formula is C28H35. The second-order valence-electron chi connectivity index (χ2n) is 8.18. The Bertz CT molecular complexity index is 783. The molecule has 2 aliphatic carbocycles. The van der Waals surface area contributed by atoms with Crippen LogP contribution in [0.15, 0.2) is 83.5 Å². The molecular weight excluding hydrogens is 336 g/mol. The van der Waals surface area contributed by atoms with Crippen molar-refractivity contribution in [1.82, 2.24) is 0 Å². The monoisotopic (exact) mass is 371 g/mol. The summed E-state index contributed by atoms with van der Waals surface area (Å²) in [7, 11) is 0. The van der Waals surface area contributed by atoms with Gasteiger partial charge in [-0.1, -0.05) is 105 Å². The highest BCUT2D eigenvalue weighted by Gasteiger charge is 2.29. The van der Waals surface area contributed by atoms with Gasteiger partial charge >= 0.3 is 0 Å². The predicted molar refractivity (Wildman–Crippen MR) is 124 cm³/mol. The maximum atomic E-state index is 2.46. The lowest BCUT2D eigenvalue weighted by molar-refractivity contribution is 0.665. The topological polar surface area (TPSA) is 0 Å². The normalized spacial score (nSPS) is 18.7. The van der Waals surface area contributed by atoms with Gasteiger partial charge in [-0.3, -0.25) is 0 Å². The second-order valence-corrected chi connectivity index (χ2v) is 8.18. The number of hydrogen-bond donors (Lipinski definition) is 0. The van der Waals surface area contributed by atoms with Gasteiger partial charge in [-0.05, 0) is 60.8 Å². The van der Waals surface area contributed by atoms with Crippen LogP contribution in [0.1, 0.15) is 71.3 Å². The molecule has 1 aromatic rings. The first-order valence-electron chi connectivity index (χ1n) is 11.1. The highest BCUT2D eigenvalue weighted by atomic mass is 14.3. The first kappa shape index (κ1) is 20.6. The molecule has 1 aromatic carbocycles. The van der Waals surface area contributed by atoms with Gasteiger partial charge in [0.05, 0.1) is 0 Å². The molecule has 0 aromatic heterocycles. The molecule has 1 atom stereocenters. The van der Waals surface area contributed by atoms with Crippen LogP contribution in [0.4, 0.5) is 0 Å². The molecule has 2 aliphatic rings. The second kappa shape index (κ2) is 10.5. The van der Waals surface area contributed by atoms with E-state index in [2.05, 4.69) is 87.6 Å². The summed E-state index contributed by atoms with van der Waals surface area (Å²) in [4.78, 5) is 0. The number of rotatable bonds is 10. The summed E-state index contributed by atoms with van der Waals surface area (Å²) in [6.07, 6.45) is 23.1. The first-order valence-corrected chi connectivity index (χ1v) is 11.1. The Kier molecular flexibility index (Phi) is 7.71. The smallest absolute Gasteiger partial charge is 0.0288 e. The minimum absolute atomic E-state index is 0.483. The molecule has 3 rings (SSSR count). The van der Waals surface area contributed by atoms with Crippen LogP contribution in [0.5, 0.6) is 0 Å². The molecule has 0 fully saturated rings. The molecule has 28 heavy (non-hydrogen) atoms. The van der Waals surface area contributed by atoms with Gasteiger partial charge in [0.15, 0.2) is 0 Å². The summed E-state index contributed by atoms with van der Waals surface area (Å²) in [6.45, 7) is 6.86. The van der Waals surface area contributed by atoms with Crippen LogP contribution in [0.2, 0.25) is 0 Å². The van der Waals surface area contributed by atoms with Crippen molar-refractivity contribution in [2.75, 3.05) is 0 Å². The third-order valence-corrected chi connectivity index (χ3v) is 5.77. The lowest BCUT2D eigenvalue weighted by atomic mass is 9.92. The standard InChI is InChI=1S/C28H35/c1-4-5-6-9-18-26-21-28(26)23(3)20-27(25-16-12-8-13-17-25)19-22(2)24-14-10-7-11-15-24/h8,10,12-17,19-21,23H,4-7,9,11,18H2,1-3H3/b22-19+,27-20+. The van der Waals surface area contributed by atoms with Crippen LogP contribution in [0.25, 0.3) is 5.57 Å². The van der Waals surface area contributed by atoms with Gasteiger partial charge in [-0.2, -0.15) is 0 Å². The Labute approximate surface area is 172 Å². The summed E-state index contributed by atoms with van der Waals surface area (Å²) in [6, 6.07) is 10.8. The van der Waals surface area contributed by atoms with Crippen LogP contribution in [0, 0.1) is 11.8 Å². The summed E-state index contributed by atoms with van der Waals surface area (Å²) in [5.74, 6) is 2.05. The fourth-order valence-corrected chi connectivity index (χ4v) is 3.97. The quantitative estimate of drug-likeness (QED) is 0.286. The Morgan fingerprint density at radius 1 is 1.07 bits per heavy atom.